The first-order valence-corrected chi connectivity index (χ1v) is 19.1. The van der Waals surface area contributed by atoms with Gasteiger partial charge in [-0.15, -0.1) is 0 Å². The number of piperidine rings is 1. The molecule has 228 valence electrons. The summed E-state index contributed by atoms with van der Waals surface area (Å²) in [6, 6.07) is 8.13. The molecule has 10 rings (SSSR count). The van der Waals surface area contributed by atoms with E-state index in [4.69, 9.17) is 9.73 Å². The number of benzene rings is 1. The fourth-order valence-corrected chi connectivity index (χ4v) is 10.5. The number of hydrogen-bond acceptors (Lipinski definition) is 6. The van der Waals surface area contributed by atoms with Crippen LogP contribution in [0.5, 0.6) is 0 Å². The Morgan fingerprint density at radius 2 is 1.95 bits per heavy atom. The minimum atomic E-state index is -1.22. The second-order valence-electron chi connectivity index (χ2n) is 12.8. The van der Waals surface area contributed by atoms with Crippen molar-refractivity contribution in [2.24, 2.45) is 16.3 Å². The van der Waals surface area contributed by atoms with Crippen LogP contribution >= 0.6 is 0 Å². The van der Waals surface area contributed by atoms with E-state index in [9.17, 15) is 14.4 Å². The van der Waals surface area contributed by atoms with Crippen molar-refractivity contribution in [2.45, 2.75) is 83.7 Å². The number of carbonyl (C=O) groups is 2. The number of ether oxygens (including phenoxy) is 1. The molecule has 1 amide bonds. The van der Waals surface area contributed by atoms with Crippen LogP contribution in [0.15, 0.2) is 46.4 Å². The molecule has 2 atom stereocenters. The quantitative estimate of drug-likeness (QED) is 0.345. The molecule has 1 N–H and O–H groups in total. The number of nitrogens with zero attached hydrogens (tertiary/aromatic N) is 3. The second-order valence-corrected chi connectivity index (χ2v) is 16.5. The molecule has 8 bridgehead atoms. The summed E-state index contributed by atoms with van der Waals surface area (Å²) in [7, 11) is 0. The van der Waals surface area contributed by atoms with Gasteiger partial charge < -0.3 is 0 Å². The fourth-order valence-electron chi connectivity index (χ4n) is 7.01. The van der Waals surface area contributed by atoms with Gasteiger partial charge in [0.25, 0.3) is 0 Å². The van der Waals surface area contributed by atoms with E-state index in [0.29, 0.717) is 38.4 Å². The summed E-state index contributed by atoms with van der Waals surface area (Å²) in [5.41, 5.74) is 1.33. The number of amides is 1. The van der Waals surface area contributed by atoms with Crippen LogP contribution < -0.4 is 10.9 Å². The van der Waals surface area contributed by atoms with E-state index in [1.807, 2.05) is 31.5 Å². The van der Waals surface area contributed by atoms with E-state index in [2.05, 4.69) is 22.3 Å². The van der Waals surface area contributed by atoms with Crippen molar-refractivity contribution in [3.8, 4) is 0 Å². The van der Waals surface area contributed by atoms with Gasteiger partial charge in [-0.2, -0.15) is 0 Å². The van der Waals surface area contributed by atoms with Gasteiger partial charge in [-0.1, -0.05) is 0 Å². The van der Waals surface area contributed by atoms with Crippen LogP contribution in [0.4, 0.5) is 0 Å². The van der Waals surface area contributed by atoms with E-state index < -0.39 is 21.1 Å². The maximum atomic E-state index is 13.7. The van der Waals surface area contributed by atoms with Crippen molar-refractivity contribution in [1.29, 1.82) is 0 Å². The Labute approximate surface area is 264 Å². The Morgan fingerprint density at radius 3 is 2.79 bits per heavy atom. The number of Topliss-reactive ketones (excluding diaryl/α,β-unsaturated/α-hetero) is 1. The number of carbonyl (C=O) groups excluding carboxylic acids is 2. The summed E-state index contributed by atoms with van der Waals surface area (Å²) >= 11 is -1.22. The molecule has 8 heterocycles. The Morgan fingerprint density at radius 1 is 1.09 bits per heavy atom. The first-order chi connectivity index (χ1) is 21.0. The average molecular weight is 691 g/mol. The summed E-state index contributed by atoms with van der Waals surface area (Å²) in [4.78, 5) is 46.0. The number of ketones is 1. The summed E-state index contributed by atoms with van der Waals surface area (Å²) in [5, 5.41) is 5.15. The summed E-state index contributed by atoms with van der Waals surface area (Å²) in [6.07, 6.45) is 13.1. The molecular weight excluding hydrogens is 647 g/mol. The molecule has 1 saturated carbocycles. The Kier molecular flexibility index (Phi) is 9.84. The number of pyridine rings is 1. The molecule has 1 aromatic heterocycles. The molecule has 1 spiro atoms. The van der Waals surface area contributed by atoms with E-state index in [1.165, 1.54) is 7.32 Å². The van der Waals surface area contributed by atoms with Gasteiger partial charge >= 0.3 is 266 Å². The van der Waals surface area contributed by atoms with Crippen LogP contribution in [0.2, 0.25) is 0 Å². The maximum absolute atomic E-state index is 13.7. The van der Waals surface area contributed by atoms with Crippen molar-refractivity contribution in [3.05, 3.63) is 52.6 Å². The number of hydrogen-bond donors (Lipinski definition) is 1. The molecule has 2 fully saturated rings. The van der Waals surface area contributed by atoms with E-state index in [1.54, 1.807) is 4.57 Å². The van der Waals surface area contributed by atoms with Crippen LogP contribution in [0, 0.1) is 11.3 Å². The van der Waals surface area contributed by atoms with Gasteiger partial charge in [-0.3, -0.25) is 0 Å². The molecule has 7 aliphatic heterocycles. The summed E-state index contributed by atoms with van der Waals surface area (Å²) in [6.45, 7) is 6.81. The third-order valence-electron chi connectivity index (χ3n) is 9.97. The SMILES string of the molecule is CCC(=O)CCCCC[C@@H]1NC(=O)[C@H]2CC23CCN(CCCOCCn2ccc4cc(ccc4c2=O)[C]2=CN=[C]1[Sn]2)CC3. The average Bonchev–Trinajstić information content (AvgIpc) is 3.49. The topological polar surface area (TPSA) is 93.0 Å². The van der Waals surface area contributed by atoms with Crippen LogP contribution in [-0.4, -0.2) is 84.9 Å². The number of unbranched alkanes of at least 4 members (excludes halogenated alkanes) is 2. The van der Waals surface area contributed by atoms with Crippen molar-refractivity contribution in [2.75, 3.05) is 32.8 Å². The van der Waals surface area contributed by atoms with Crippen molar-refractivity contribution < 1.29 is 14.3 Å². The van der Waals surface area contributed by atoms with Crippen molar-refractivity contribution >= 4 is 50.9 Å². The van der Waals surface area contributed by atoms with Crippen LogP contribution in [0.25, 0.3) is 14.4 Å². The zero-order valence-electron chi connectivity index (χ0n) is 25.4. The predicted molar refractivity (Wildman–Crippen MR) is 171 cm³/mol. The predicted octanol–water partition coefficient (Wildman–Crippen LogP) is 4.35. The van der Waals surface area contributed by atoms with Gasteiger partial charge in [0.05, 0.1) is 0 Å². The molecule has 2 aromatic rings. The summed E-state index contributed by atoms with van der Waals surface area (Å²) in [5.74, 6) is 0.658. The Hall–Kier alpha value is -2.30. The molecule has 9 heteroatoms. The van der Waals surface area contributed by atoms with Gasteiger partial charge in [-0.05, 0) is 0 Å². The Balaban J connectivity index is 1.19. The molecule has 43 heavy (non-hydrogen) atoms. The number of nitrogens with one attached hydrogen (secondary N) is 1. The molecule has 8 aliphatic rings. The van der Waals surface area contributed by atoms with E-state index in [0.717, 1.165) is 87.3 Å². The molecule has 2 radical (unpaired) electrons. The van der Waals surface area contributed by atoms with Crippen LogP contribution in [0.1, 0.15) is 76.7 Å². The number of rotatable bonds is 7. The van der Waals surface area contributed by atoms with Gasteiger partial charge in [0.1, 0.15) is 0 Å². The fraction of sp³-hybridized carbons (Fsp3) is 0.588. The third kappa shape index (κ3) is 7.17. The third-order valence-corrected chi connectivity index (χ3v) is 14.0. The van der Waals surface area contributed by atoms with Crippen molar-refractivity contribution in [3.63, 3.8) is 0 Å². The number of aliphatic imine (C=N–C) groups is 1. The van der Waals surface area contributed by atoms with Gasteiger partial charge in [0.2, 0.25) is 0 Å². The van der Waals surface area contributed by atoms with Crippen LogP contribution in [-0.2, 0) is 20.9 Å². The van der Waals surface area contributed by atoms with Gasteiger partial charge in [-0.25, -0.2) is 0 Å². The molecule has 8 nitrogen and oxygen atoms in total. The first-order valence-electron chi connectivity index (χ1n) is 16.3. The molecule has 1 saturated heterocycles. The number of aromatic nitrogens is 1. The van der Waals surface area contributed by atoms with E-state index >= 15 is 0 Å². The molecular formula is C34H44N4O4Sn. The second kappa shape index (κ2) is 13.8. The first kappa shape index (κ1) is 30.7. The monoisotopic (exact) mass is 692 g/mol. The van der Waals surface area contributed by atoms with Crippen LogP contribution in [0.3, 0.4) is 0 Å². The Bertz CT molecular complexity index is 1470. The molecule has 1 aliphatic carbocycles. The zero-order valence-corrected chi connectivity index (χ0v) is 28.3. The van der Waals surface area contributed by atoms with Gasteiger partial charge in [0.15, 0.2) is 0 Å². The minimum absolute atomic E-state index is 0.0209. The van der Waals surface area contributed by atoms with Crippen molar-refractivity contribution in [1.82, 2.24) is 14.8 Å². The van der Waals surface area contributed by atoms with E-state index in [-0.39, 0.29) is 28.8 Å². The molecule has 1 aromatic carbocycles. The standard InChI is InChI=1S/C34H44N4O4.Sn/c1-2-29(39)8-5-3-4-7-28-25-35-15-11-26-9-10-30-27(23-26)12-17-38(33(30)41)20-22-42-21-6-16-37-18-13-34(14-19-37)24-31(34)32(40)36-28;/h9-10,12,15,17,23,28,31H,2-8,13-14,16,18-22,24H2,1H3,(H,36,40);/t28-,31+;/m0./s1. The zero-order chi connectivity index (χ0) is 29.8. The molecule has 0 unspecified atom stereocenters. The summed E-state index contributed by atoms with van der Waals surface area (Å²) < 4.78 is 10.1. The van der Waals surface area contributed by atoms with Gasteiger partial charge in [0, 0.05) is 0 Å². The normalized spacial score (nSPS) is 27.7.